The largest absolute Gasteiger partial charge is 0.387 e. The highest BCUT2D eigenvalue weighted by Gasteiger charge is 2.24. The molecule has 0 aromatic carbocycles. The van der Waals surface area contributed by atoms with Gasteiger partial charge in [-0.2, -0.15) is 5.10 Å². The van der Waals surface area contributed by atoms with Crippen molar-refractivity contribution in [2.75, 3.05) is 0 Å². The summed E-state index contributed by atoms with van der Waals surface area (Å²) in [4.78, 5) is 10.1. The lowest BCUT2D eigenvalue weighted by Gasteiger charge is -2.08. The van der Waals surface area contributed by atoms with Crippen LogP contribution in [0.25, 0.3) is 0 Å². The van der Waals surface area contributed by atoms with E-state index in [9.17, 15) is 15.2 Å². The van der Waals surface area contributed by atoms with Gasteiger partial charge in [-0.3, -0.25) is 14.8 Å². The third-order valence-electron chi connectivity index (χ3n) is 2.12. The molecule has 0 spiro atoms. The average Bonchev–Trinajstić information content (AvgIpc) is 2.56. The predicted octanol–water partition coefficient (Wildman–Crippen LogP) is 1.33. The van der Waals surface area contributed by atoms with E-state index in [2.05, 4.69) is 11.7 Å². The molecule has 0 amide bonds. The molecule has 0 unspecified atom stereocenters. The molecule has 6 heteroatoms. The average molecular weight is 211 g/mol. The van der Waals surface area contributed by atoms with Crippen LogP contribution in [-0.4, -0.2) is 19.8 Å². The second kappa shape index (κ2) is 4.70. The first-order chi connectivity index (χ1) is 7.07. The molecule has 0 aliphatic heterocycles. The Hall–Kier alpha value is -1.69. The minimum Gasteiger partial charge on any atom is -0.387 e. The van der Waals surface area contributed by atoms with Crippen LogP contribution in [0.2, 0.25) is 0 Å². The molecule has 0 saturated carbocycles. The normalized spacial score (nSPS) is 12.4. The quantitative estimate of drug-likeness (QED) is 0.452. The van der Waals surface area contributed by atoms with E-state index in [0.29, 0.717) is 12.8 Å². The van der Waals surface area contributed by atoms with Gasteiger partial charge in [-0.05, 0) is 12.8 Å². The van der Waals surface area contributed by atoms with Crippen LogP contribution in [0.3, 0.4) is 0 Å². The van der Waals surface area contributed by atoms with E-state index in [1.807, 2.05) is 0 Å². The summed E-state index contributed by atoms with van der Waals surface area (Å²) in [5.74, 6) is 0. The fourth-order valence-corrected chi connectivity index (χ4v) is 1.37. The predicted molar refractivity (Wildman–Crippen MR) is 54.3 cm³/mol. The molecule has 1 aromatic heterocycles. The van der Waals surface area contributed by atoms with Gasteiger partial charge in [0.25, 0.3) is 0 Å². The maximum Gasteiger partial charge on any atom is 0.312 e. The summed E-state index contributed by atoms with van der Waals surface area (Å²) in [5, 5.41) is 24.1. The first-order valence-electron chi connectivity index (χ1n) is 4.53. The number of nitrogens with zero attached hydrogens (tertiary/aromatic N) is 3. The number of aromatic nitrogens is 2. The van der Waals surface area contributed by atoms with Crippen molar-refractivity contribution < 1.29 is 10.0 Å². The number of hydrogen-bond donors (Lipinski definition) is 1. The summed E-state index contributed by atoms with van der Waals surface area (Å²) in [6.07, 6.45) is 2.93. The highest BCUT2D eigenvalue weighted by molar-refractivity contribution is 5.34. The zero-order valence-corrected chi connectivity index (χ0v) is 8.46. The molecule has 6 nitrogen and oxygen atoms in total. The smallest absolute Gasteiger partial charge is 0.312 e. The van der Waals surface area contributed by atoms with Gasteiger partial charge >= 0.3 is 5.69 Å². The van der Waals surface area contributed by atoms with Crippen molar-refractivity contribution in [1.82, 2.24) is 9.78 Å². The number of aliphatic hydroxyl groups excluding tert-OH is 1. The zero-order valence-electron chi connectivity index (χ0n) is 8.46. The van der Waals surface area contributed by atoms with Gasteiger partial charge in [-0.25, -0.2) is 0 Å². The second-order valence-electron chi connectivity index (χ2n) is 3.18. The Kier molecular flexibility index (Phi) is 3.56. The van der Waals surface area contributed by atoms with Crippen molar-refractivity contribution >= 4 is 5.69 Å². The molecule has 0 bridgehead atoms. The van der Waals surface area contributed by atoms with Crippen LogP contribution >= 0.6 is 0 Å². The summed E-state index contributed by atoms with van der Waals surface area (Å²) in [7, 11) is 1.57. The Bertz CT molecular complexity index is 373. The maximum absolute atomic E-state index is 10.6. The maximum atomic E-state index is 10.6. The third-order valence-corrected chi connectivity index (χ3v) is 2.12. The van der Waals surface area contributed by atoms with Crippen LogP contribution in [0, 0.1) is 10.1 Å². The molecule has 15 heavy (non-hydrogen) atoms. The van der Waals surface area contributed by atoms with Gasteiger partial charge in [0.2, 0.25) is 0 Å². The summed E-state index contributed by atoms with van der Waals surface area (Å²) in [6.45, 7) is 3.53. The molecule has 82 valence electrons. The Morgan fingerprint density at radius 2 is 2.53 bits per heavy atom. The number of aryl methyl sites for hydroxylation is 1. The van der Waals surface area contributed by atoms with Crippen LogP contribution in [0.4, 0.5) is 5.69 Å². The van der Waals surface area contributed by atoms with Crippen molar-refractivity contribution in [2.45, 2.75) is 18.9 Å². The van der Waals surface area contributed by atoms with Crippen molar-refractivity contribution in [2.24, 2.45) is 7.05 Å². The van der Waals surface area contributed by atoms with E-state index in [-0.39, 0.29) is 11.4 Å². The van der Waals surface area contributed by atoms with E-state index < -0.39 is 11.0 Å². The number of allylic oxidation sites excluding steroid dienone is 1. The van der Waals surface area contributed by atoms with Crippen molar-refractivity contribution in [3.63, 3.8) is 0 Å². The van der Waals surface area contributed by atoms with Crippen LogP contribution in [0.5, 0.6) is 0 Å². The van der Waals surface area contributed by atoms with Gasteiger partial charge in [-0.15, -0.1) is 6.58 Å². The first-order valence-corrected chi connectivity index (χ1v) is 4.53. The zero-order chi connectivity index (χ0) is 11.4. The molecular formula is C9H13N3O3. The Labute approximate surface area is 87.0 Å². The SMILES string of the molecule is C=CCC[C@H](O)c1c([N+](=O)[O-])cnn1C. The molecule has 1 heterocycles. The van der Waals surface area contributed by atoms with Crippen LogP contribution in [0.15, 0.2) is 18.9 Å². The summed E-state index contributed by atoms with van der Waals surface area (Å²) < 4.78 is 1.33. The van der Waals surface area contributed by atoms with Crippen molar-refractivity contribution in [1.29, 1.82) is 0 Å². The standard InChI is InChI=1S/C9H13N3O3/c1-3-4-5-8(13)9-7(12(14)15)6-10-11(9)2/h3,6,8,13H,1,4-5H2,2H3/t8-/m0/s1. The first kappa shape index (κ1) is 11.4. The van der Waals surface area contributed by atoms with Gasteiger partial charge < -0.3 is 5.11 Å². The number of nitro groups is 1. The number of aliphatic hydroxyl groups is 1. The fourth-order valence-electron chi connectivity index (χ4n) is 1.37. The fraction of sp³-hybridized carbons (Fsp3) is 0.444. The van der Waals surface area contributed by atoms with Crippen LogP contribution in [0.1, 0.15) is 24.6 Å². The molecule has 1 aromatic rings. The van der Waals surface area contributed by atoms with Gasteiger partial charge in [0.05, 0.1) is 4.92 Å². The van der Waals surface area contributed by atoms with E-state index in [0.717, 1.165) is 6.20 Å². The second-order valence-corrected chi connectivity index (χ2v) is 3.18. The minimum atomic E-state index is -0.879. The van der Waals surface area contributed by atoms with E-state index in [1.165, 1.54) is 4.68 Å². The molecule has 1 rings (SSSR count). The van der Waals surface area contributed by atoms with E-state index >= 15 is 0 Å². The summed E-state index contributed by atoms with van der Waals surface area (Å²) >= 11 is 0. The number of hydrogen-bond acceptors (Lipinski definition) is 4. The van der Waals surface area contributed by atoms with Gasteiger partial charge in [0.15, 0.2) is 0 Å². The number of rotatable bonds is 5. The lowest BCUT2D eigenvalue weighted by Crippen LogP contribution is -2.07. The summed E-state index contributed by atoms with van der Waals surface area (Å²) in [5.41, 5.74) is 0.0934. The summed E-state index contributed by atoms with van der Waals surface area (Å²) in [6, 6.07) is 0. The van der Waals surface area contributed by atoms with Crippen LogP contribution < -0.4 is 0 Å². The highest BCUT2D eigenvalue weighted by atomic mass is 16.6. The molecule has 0 saturated heterocycles. The third kappa shape index (κ3) is 2.41. The van der Waals surface area contributed by atoms with Gasteiger partial charge in [-0.1, -0.05) is 6.08 Å². The van der Waals surface area contributed by atoms with Crippen molar-refractivity contribution in [3.05, 3.63) is 34.7 Å². The van der Waals surface area contributed by atoms with Crippen molar-refractivity contribution in [3.8, 4) is 0 Å². The Morgan fingerprint density at radius 1 is 1.87 bits per heavy atom. The topological polar surface area (TPSA) is 81.2 Å². The lowest BCUT2D eigenvalue weighted by molar-refractivity contribution is -0.386. The molecular weight excluding hydrogens is 198 g/mol. The molecule has 1 atom stereocenters. The van der Waals surface area contributed by atoms with Crippen LogP contribution in [-0.2, 0) is 7.05 Å². The van der Waals surface area contributed by atoms with E-state index in [4.69, 9.17) is 0 Å². The Morgan fingerprint density at radius 3 is 3.07 bits per heavy atom. The molecule has 1 N–H and O–H groups in total. The molecule has 0 radical (unpaired) electrons. The van der Waals surface area contributed by atoms with E-state index in [1.54, 1.807) is 13.1 Å². The van der Waals surface area contributed by atoms with Gasteiger partial charge in [0.1, 0.15) is 18.0 Å². The lowest BCUT2D eigenvalue weighted by atomic mass is 10.1. The Balaban J connectivity index is 2.95. The van der Waals surface area contributed by atoms with Gasteiger partial charge in [0, 0.05) is 7.05 Å². The minimum absolute atomic E-state index is 0.144. The highest BCUT2D eigenvalue weighted by Crippen LogP contribution is 2.26. The monoisotopic (exact) mass is 211 g/mol. The molecule has 0 aliphatic rings. The molecule has 0 fully saturated rings. The molecule has 0 aliphatic carbocycles.